The van der Waals surface area contributed by atoms with Crippen molar-refractivity contribution in [3.63, 3.8) is 0 Å². The first kappa shape index (κ1) is 11.3. The number of aromatic nitrogens is 3. The highest BCUT2D eigenvalue weighted by molar-refractivity contribution is 9.08. The standard InChI is InChI=1S/C14H10BrN3/c15-8-11-5-3-7-13(17-11)14-16-9-10-4-1-2-6-12(10)18-14/h1-7,9H,8H2. The molecule has 1 aromatic carbocycles. The predicted octanol–water partition coefficient (Wildman–Crippen LogP) is 3.59. The third-order valence-electron chi connectivity index (χ3n) is 2.66. The Morgan fingerprint density at radius 3 is 2.72 bits per heavy atom. The van der Waals surface area contributed by atoms with Crippen LogP contribution >= 0.6 is 15.9 Å². The maximum atomic E-state index is 4.53. The Morgan fingerprint density at radius 2 is 1.83 bits per heavy atom. The minimum Gasteiger partial charge on any atom is -0.249 e. The number of benzene rings is 1. The summed E-state index contributed by atoms with van der Waals surface area (Å²) < 4.78 is 0. The summed E-state index contributed by atoms with van der Waals surface area (Å²) >= 11 is 3.40. The average Bonchev–Trinajstić information content (AvgIpc) is 2.47. The van der Waals surface area contributed by atoms with Gasteiger partial charge in [0.15, 0.2) is 5.82 Å². The number of hydrogen-bond donors (Lipinski definition) is 0. The Bertz CT molecular complexity index is 697. The normalized spacial score (nSPS) is 10.7. The van der Waals surface area contributed by atoms with Gasteiger partial charge in [-0.3, -0.25) is 0 Å². The molecule has 18 heavy (non-hydrogen) atoms. The molecule has 0 N–H and O–H groups in total. The quantitative estimate of drug-likeness (QED) is 0.679. The molecule has 0 unspecified atom stereocenters. The number of alkyl halides is 1. The molecule has 3 rings (SSSR count). The van der Waals surface area contributed by atoms with Crippen molar-refractivity contribution in [3.8, 4) is 11.5 Å². The summed E-state index contributed by atoms with van der Waals surface area (Å²) in [5.74, 6) is 0.663. The Morgan fingerprint density at radius 1 is 0.944 bits per heavy atom. The lowest BCUT2D eigenvalue weighted by molar-refractivity contribution is 1.13. The Hall–Kier alpha value is -1.81. The fourth-order valence-corrected chi connectivity index (χ4v) is 2.09. The van der Waals surface area contributed by atoms with E-state index in [1.54, 1.807) is 0 Å². The molecule has 2 heterocycles. The molecule has 4 heteroatoms. The molecule has 0 spiro atoms. The van der Waals surface area contributed by atoms with Gasteiger partial charge in [-0.05, 0) is 18.2 Å². The van der Waals surface area contributed by atoms with Crippen molar-refractivity contribution in [2.45, 2.75) is 5.33 Å². The SMILES string of the molecule is BrCc1cccc(-c2ncc3ccccc3n2)n1. The van der Waals surface area contributed by atoms with Crippen LogP contribution in [0.25, 0.3) is 22.4 Å². The minimum absolute atomic E-state index is 0.663. The molecule has 0 radical (unpaired) electrons. The smallest absolute Gasteiger partial charge is 0.178 e. The van der Waals surface area contributed by atoms with E-state index in [0.29, 0.717) is 5.82 Å². The molecule has 0 aliphatic heterocycles. The summed E-state index contributed by atoms with van der Waals surface area (Å²) in [6.07, 6.45) is 1.83. The molecule has 0 saturated heterocycles. The minimum atomic E-state index is 0.663. The fourth-order valence-electron chi connectivity index (χ4n) is 1.77. The number of hydrogen-bond acceptors (Lipinski definition) is 3. The number of para-hydroxylation sites is 1. The Kier molecular flexibility index (Phi) is 3.02. The topological polar surface area (TPSA) is 38.7 Å². The van der Waals surface area contributed by atoms with Crippen LogP contribution in [0.1, 0.15) is 5.69 Å². The van der Waals surface area contributed by atoms with Gasteiger partial charge in [-0.1, -0.05) is 40.2 Å². The second-order valence-electron chi connectivity index (χ2n) is 3.90. The average molecular weight is 300 g/mol. The number of pyridine rings is 1. The van der Waals surface area contributed by atoms with Crippen molar-refractivity contribution in [1.82, 2.24) is 15.0 Å². The van der Waals surface area contributed by atoms with Gasteiger partial charge >= 0.3 is 0 Å². The first-order chi connectivity index (χ1) is 8.86. The van der Waals surface area contributed by atoms with E-state index in [1.165, 1.54) is 0 Å². The molecule has 3 aromatic rings. The van der Waals surface area contributed by atoms with E-state index in [4.69, 9.17) is 0 Å². The highest BCUT2D eigenvalue weighted by atomic mass is 79.9. The lowest BCUT2D eigenvalue weighted by Crippen LogP contribution is -1.94. The molecule has 3 nitrogen and oxygen atoms in total. The lowest BCUT2D eigenvalue weighted by Gasteiger charge is -2.02. The van der Waals surface area contributed by atoms with E-state index in [9.17, 15) is 0 Å². The van der Waals surface area contributed by atoms with Crippen molar-refractivity contribution in [3.05, 3.63) is 54.4 Å². The number of halogens is 1. The van der Waals surface area contributed by atoms with Crippen LogP contribution in [0.15, 0.2) is 48.7 Å². The van der Waals surface area contributed by atoms with Crippen LogP contribution in [0.5, 0.6) is 0 Å². The zero-order valence-electron chi connectivity index (χ0n) is 9.55. The molecule has 0 aliphatic carbocycles. The van der Waals surface area contributed by atoms with E-state index in [-0.39, 0.29) is 0 Å². The zero-order chi connectivity index (χ0) is 12.4. The van der Waals surface area contributed by atoms with Crippen molar-refractivity contribution in [2.75, 3.05) is 0 Å². The summed E-state index contributed by atoms with van der Waals surface area (Å²) in [7, 11) is 0. The zero-order valence-corrected chi connectivity index (χ0v) is 11.1. The highest BCUT2D eigenvalue weighted by Crippen LogP contribution is 2.17. The Labute approximate surface area is 113 Å². The maximum Gasteiger partial charge on any atom is 0.178 e. The number of rotatable bonds is 2. The maximum absolute atomic E-state index is 4.53. The van der Waals surface area contributed by atoms with Crippen LogP contribution in [0.4, 0.5) is 0 Å². The summed E-state index contributed by atoms with van der Waals surface area (Å²) in [5.41, 5.74) is 2.72. The van der Waals surface area contributed by atoms with Gasteiger partial charge in [-0.2, -0.15) is 0 Å². The second-order valence-corrected chi connectivity index (χ2v) is 4.46. The van der Waals surface area contributed by atoms with E-state index >= 15 is 0 Å². The van der Waals surface area contributed by atoms with Crippen LogP contribution in [0, 0.1) is 0 Å². The molecule has 88 valence electrons. The van der Waals surface area contributed by atoms with Gasteiger partial charge in [0, 0.05) is 16.9 Å². The third kappa shape index (κ3) is 2.11. The van der Waals surface area contributed by atoms with Gasteiger partial charge in [0.05, 0.1) is 11.2 Å². The van der Waals surface area contributed by atoms with Gasteiger partial charge in [-0.15, -0.1) is 0 Å². The molecule has 0 bridgehead atoms. The number of nitrogens with zero attached hydrogens (tertiary/aromatic N) is 3. The van der Waals surface area contributed by atoms with Gasteiger partial charge < -0.3 is 0 Å². The molecule has 0 aliphatic rings. The van der Waals surface area contributed by atoms with Crippen LogP contribution in [0.3, 0.4) is 0 Å². The summed E-state index contributed by atoms with van der Waals surface area (Å²) in [4.78, 5) is 13.4. The molecule has 0 amide bonds. The van der Waals surface area contributed by atoms with Crippen LogP contribution in [0.2, 0.25) is 0 Å². The van der Waals surface area contributed by atoms with Crippen LogP contribution in [-0.2, 0) is 5.33 Å². The molecule has 2 aromatic heterocycles. The largest absolute Gasteiger partial charge is 0.249 e. The first-order valence-electron chi connectivity index (χ1n) is 5.61. The fraction of sp³-hybridized carbons (Fsp3) is 0.0714. The van der Waals surface area contributed by atoms with Gasteiger partial charge in [0.1, 0.15) is 5.69 Å². The van der Waals surface area contributed by atoms with Crippen molar-refractivity contribution < 1.29 is 0 Å². The predicted molar refractivity (Wildman–Crippen MR) is 75.4 cm³/mol. The first-order valence-corrected chi connectivity index (χ1v) is 6.73. The van der Waals surface area contributed by atoms with Gasteiger partial charge in [-0.25, -0.2) is 15.0 Å². The van der Waals surface area contributed by atoms with Crippen molar-refractivity contribution >= 4 is 26.8 Å². The highest BCUT2D eigenvalue weighted by Gasteiger charge is 2.04. The lowest BCUT2D eigenvalue weighted by atomic mass is 10.2. The molecular weight excluding hydrogens is 290 g/mol. The number of fused-ring (bicyclic) bond motifs is 1. The molecule has 0 fully saturated rings. The second kappa shape index (κ2) is 4.82. The van der Waals surface area contributed by atoms with Gasteiger partial charge in [0.2, 0.25) is 0 Å². The monoisotopic (exact) mass is 299 g/mol. The summed E-state index contributed by atoms with van der Waals surface area (Å²) in [6, 6.07) is 13.8. The van der Waals surface area contributed by atoms with E-state index in [1.807, 2.05) is 48.7 Å². The van der Waals surface area contributed by atoms with Crippen molar-refractivity contribution in [1.29, 1.82) is 0 Å². The van der Waals surface area contributed by atoms with E-state index in [2.05, 4.69) is 30.9 Å². The van der Waals surface area contributed by atoms with Crippen molar-refractivity contribution in [2.24, 2.45) is 0 Å². The Balaban J connectivity index is 2.13. The van der Waals surface area contributed by atoms with E-state index < -0.39 is 0 Å². The molecule has 0 saturated carbocycles. The molecule has 0 atom stereocenters. The van der Waals surface area contributed by atoms with E-state index in [0.717, 1.165) is 27.6 Å². The third-order valence-corrected chi connectivity index (χ3v) is 3.24. The summed E-state index contributed by atoms with van der Waals surface area (Å²) in [6.45, 7) is 0. The van der Waals surface area contributed by atoms with Crippen LogP contribution in [-0.4, -0.2) is 15.0 Å². The van der Waals surface area contributed by atoms with Crippen LogP contribution < -0.4 is 0 Å². The summed E-state index contributed by atoms with van der Waals surface area (Å²) in [5, 5.41) is 1.77. The molecular formula is C14H10BrN3. The van der Waals surface area contributed by atoms with Gasteiger partial charge in [0.25, 0.3) is 0 Å².